The van der Waals surface area contributed by atoms with E-state index in [9.17, 15) is 10.2 Å². The average Bonchev–Trinajstić information content (AvgIpc) is 2.44. The second kappa shape index (κ2) is 8.46. The van der Waals surface area contributed by atoms with E-state index in [-0.39, 0.29) is 5.92 Å². The molecule has 2 unspecified atom stereocenters. The number of hydrogen-bond acceptors (Lipinski definition) is 5. The minimum atomic E-state index is -1.21. The van der Waals surface area contributed by atoms with Crippen molar-refractivity contribution in [1.82, 2.24) is 0 Å². The number of hydrogen-bond donors (Lipinski definition) is 2. The topological polar surface area (TPSA) is 68.2 Å². The van der Waals surface area contributed by atoms with Gasteiger partial charge in [0, 0.05) is 20.1 Å². The predicted octanol–water partition coefficient (Wildman–Crippen LogP) is 1.89. The normalized spacial score (nSPS) is 15.2. The smallest absolute Gasteiger partial charge is 0.182 e. The van der Waals surface area contributed by atoms with E-state index in [0.29, 0.717) is 13.0 Å². The van der Waals surface area contributed by atoms with Crippen molar-refractivity contribution in [1.29, 1.82) is 0 Å². The fourth-order valence-corrected chi connectivity index (χ4v) is 2.14. The molecule has 0 aromatic heterocycles. The highest BCUT2D eigenvalue weighted by Gasteiger charge is 2.25. The third-order valence-electron chi connectivity index (χ3n) is 3.21. The van der Waals surface area contributed by atoms with Crippen LogP contribution >= 0.6 is 0 Å². The molecule has 0 saturated carbocycles. The van der Waals surface area contributed by atoms with Crippen molar-refractivity contribution in [3.05, 3.63) is 35.9 Å². The lowest BCUT2D eigenvalue weighted by atomic mass is 9.93. The SMILES string of the molecule is COC(OC)C(O)CC(COC(C)(C)O)c1ccccc1. The van der Waals surface area contributed by atoms with Crippen LogP contribution in [0.5, 0.6) is 0 Å². The number of benzene rings is 1. The molecule has 0 aliphatic carbocycles. The highest BCUT2D eigenvalue weighted by atomic mass is 16.7. The maximum atomic E-state index is 10.2. The summed E-state index contributed by atoms with van der Waals surface area (Å²) in [5.41, 5.74) is 1.03. The molecule has 0 heterocycles. The summed E-state index contributed by atoms with van der Waals surface area (Å²) >= 11 is 0. The number of methoxy groups -OCH3 is 2. The molecule has 0 aliphatic heterocycles. The molecule has 1 aromatic rings. The first kappa shape index (κ1) is 18.1. The lowest BCUT2D eigenvalue weighted by molar-refractivity contribution is -0.187. The molecule has 2 N–H and O–H groups in total. The van der Waals surface area contributed by atoms with Gasteiger partial charge in [0.15, 0.2) is 12.1 Å². The van der Waals surface area contributed by atoms with Gasteiger partial charge >= 0.3 is 0 Å². The largest absolute Gasteiger partial charge is 0.388 e. The zero-order valence-electron chi connectivity index (χ0n) is 13.2. The quantitative estimate of drug-likeness (QED) is 0.681. The summed E-state index contributed by atoms with van der Waals surface area (Å²) in [6.07, 6.45) is -1.05. The molecule has 5 nitrogen and oxygen atoms in total. The van der Waals surface area contributed by atoms with Crippen LogP contribution in [0, 0.1) is 0 Å². The van der Waals surface area contributed by atoms with Crippen molar-refractivity contribution in [3.63, 3.8) is 0 Å². The Bertz CT molecular complexity index is 383. The Balaban J connectivity index is 2.77. The molecular weight excluding hydrogens is 272 g/mol. The van der Waals surface area contributed by atoms with Crippen LogP contribution in [-0.4, -0.2) is 49.2 Å². The van der Waals surface area contributed by atoms with Gasteiger partial charge in [0.2, 0.25) is 0 Å². The lowest BCUT2D eigenvalue weighted by Gasteiger charge is -2.27. The van der Waals surface area contributed by atoms with Gasteiger partial charge in [0.05, 0.1) is 6.61 Å². The molecule has 0 radical (unpaired) electrons. The van der Waals surface area contributed by atoms with Gasteiger partial charge < -0.3 is 24.4 Å². The minimum Gasteiger partial charge on any atom is -0.388 e. The predicted molar refractivity (Wildman–Crippen MR) is 79.9 cm³/mol. The second-order valence-corrected chi connectivity index (χ2v) is 5.51. The van der Waals surface area contributed by atoms with Crippen LogP contribution in [0.3, 0.4) is 0 Å². The molecule has 1 aromatic carbocycles. The third kappa shape index (κ3) is 6.54. The summed E-state index contributed by atoms with van der Waals surface area (Å²) in [6.45, 7) is 3.46. The van der Waals surface area contributed by atoms with E-state index in [0.717, 1.165) is 5.56 Å². The van der Waals surface area contributed by atoms with Gasteiger partial charge in [-0.1, -0.05) is 30.3 Å². The second-order valence-electron chi connectivity index (χ2n) is 5.51. The highest BCUT2D eigenvalue weighted by molar-refractivity contribution is 5.19. The first-order chi connectivity index (χ1) is 9.87. The number of aliphatic hydroxyl groups excluding tert-OH is 1. The van der Waals surface area contributed by atoms with E-state index in [1.807, 2.05) is 30.3 Å². The fourth-order valence-electron chi connectivity index (χ4n) is 2.14. The molecular formula is C16H26O5. The zero-order chi connectivity index (χ0) is 15.9. The summed E-state index contributed by atoms with van der Waals surface area (Å²) in [5.74, 6) is -1.28. The van der Waals surface area contributed by atoms with Crippen molar-refractivity contribution in [2.75, 3.05) is 20.8 Å². The molecule has 120 valence electrons. The molecule has 2 atom stereocenters. The van der Waals surface area contributed by atoms with Crippen molar-refractivity contribution in [3.8, 4) is 0 Å². The first-order valence-corrected chi connectivity index (χ1v) is 7.02. The first-order valence-electron chi connectivity index (χ1n) is 7.02. The van der Waals surface area contributed by atoms with Crippen molar-refractivity contribution in [2.24, 2.45) is 0 Å². The summed E-state index contributed by atoms with van der Waals surface area (Å²) in [5, 5.41) is 19.9. The Labute approximate surface area is 126 Å². The summed E-state index contributed by atoms with van der Waals surface area (Å²) in [6, 6.07) is 9.74. The molecule has 5 heteroatoms. The van der Waals surface area contributed by atoms with E-state index in [1.54, 1.807) is 13.8 Å². The molecule has 1 rings (SSSR count). The van der Waals surface area contributed by atoms with Crippen LogP contribution in [0.4, 0.5) is 0 Å². The van der Waals surface area contributed by atoms with Crippen LogP contribution < -0.4 is 0 Å². The maximum Gasteiger partial charge on any atom is 0.182 e. The van der Waals surface area contributed by atoms with Crippen molar-refractivity contribution >= 4 is 0 Å². The number of ether oxygens (including phenoxy) is 3. The van der Waals surface area contributed by atoms with Gasteiger partial charge in [-0.2, -0.15) is 0 Å². The van der Waals surface area contributed by atoms with Crippen molar-refractivity contribution in [2.45, 2.75) is 44.4 Å². The van der Waals surface area contributed by atoms with Gasteiger partial charge in [-0.15, -0.1) is 0 Å². The molecule has 0 bridgehead atoms. The van der Waals surface area contributed by atoms with E-state index in [1.165, 1.54) is 14.2 Å². The van der Waals surface area contributed by atoms with Gasteiger partial charge in [-0.3, -0.25) is 0 Å². The van der Waals surface area contributed by atoms with E-state index in [2.05, 4.69) is 0 Å². The summed E-state index contributed by atoms with van der Waals surface area (Å²) < 4.78 is 15.6. The van der Waals surface area contributed by atoms with E-state index in [4.69, 9.17) is 14.2 Å². The van der Waals surface area contributed by atoms with Gasteiger partial charge in [-0.25, -0.2) is 0 Å². The van der Waals surface area contributed by atoms with Gasteiger partial charge in [0.1, 0.15) is 6.10 Å². The lowest BCUT2D eigenvalue weighted by Crippen LogP contribution is -2.33. The van der Waals surface area contributed by atoms with Crippen LogP contribution in [0.1, 0.15) is 31.7 Å². The third-order valence-corrected chi connectivity index (χ3v) is 3.21. The molecule has 0 aliphatic rings. The highest BCUT2D eigenvalue weighted by Crippen LogP contribution is 2.25. The molecule has 0 spiro atoms. The van der Waals surface area contributed by atoms with Crippen LogP contribution in [0.2, 0.25) is 0 Å². The molecule has 0 fully saturated rings. The molecule has 0 saturated heterocycles. The van der Waals surface area contributed by atoms with Gasteiger partial charge in [-0.05, 0) is 25.8 Å². The van der Waals surface area contributed by atoms with Crippen LogP contribution in [-0.2, 0) is 14.2 Å². The maximum absolute atomic E-state index is 10.2. The monoisotopic (exact) mass is 298 g/mol. The standard InChI is InChI=1S/C16H26O5/c1-16(2,18)21-11-13(12-8-6-5-7-9-12)10-14(17)15(19-3)20-4/h5-9,13-15,17-18H,10-11H2,1-4H3. The Morgan fingerprint density at radius 3 is 2.14 bits per heavy atom. The Morgan fingerprint density at radius 1 is 1.10 bits per heavy atom. The van der Waals surface area contributed by atoms with Crippen LogP contribution in [0.15, 0.2) is 30.3 Å². The fraction of sp³-hybridized carbons (Fsp3) is 0.625. The number of aliphatic hydroxyl groups is 2. The Hall–Kier alpha value is -0.980. The van der Waals surface area contributed by atoms with E-state index >= 15 is 0 Å². The van der Waals surface area contributed by atoms with E-state index < -0.39 is 18.2 Å². The Kier molecular flexibility index (Phi) is 7.28. The number of rotatable bonds is 9. The minimum absolute atomic E-state index is 0.0691. The van der Waals surface area contributed by atoms with Gasteiger partial charge in [0.25, 0.3) is 0 Å². The zero-order valence-corrected chi connectivity index (χ0v) is 13.2. The van der Waals surface area contributed by atoms with Crippen LogP contribution in [0.25, 0.3) is 0 Å². The summed E-state index contributed by atoms with van der Waals surface area (Å²) in [7, 11) is 2.98. The average molecular weight is 298 g/mol. The molecule has 0 amide bonds. The summed E-state index contributed by atoms with van der Waals surface area (Å²) in [4.78, 5) is 0. The Morgan fingerprint density at radius 2 is 1.67 bits per heavy atom. The van der Waals surface area contributed by atoms with Crippen molar-refractivity contribution < 1.29 is 24.4 Å². The molecule has 21 heavy (non-hydrogen) atoms.